The number of carboxylic acid groups (broad SMARTS) is 1. The number of anilines is 1. The minimum atomic E-state index is -0.771. The standard InChI is InChI=1S/C27H28FN7O4/c1-16-22(38-18-7-5-6-17(14-18)26(36)37)11-10-20(31-16)25-21(35(2)34-33-25)15-30-27-29-13-12-24(32-27)39-23-9-4-3-8-19(23)28/h3-4,8-13,17-18H,5-7,14-15H2,1-2H3,(H,36,37)(H,29,30,32)/t17-,18-/m0/s1. The zero-order valence-electron chi connectivity index (χ0n) is 21.5. The minimum absolute atomic E-state index is 0.0688. The highest BCUT2D eigenvalue weighted by Crippen LogP contribution is 2.31. The van der Waals surface area contributed by atoms with Gasteiger partial charge in [-0.1, -0.05) is 17.3 Å². The lowest BCUT2D eigenvalue weighted by atomic mass is 9.87. The zero-order chi connectivity index (χ0) is 27.4. The van der Waals surface area contributed by atoms with Crippen LogP contribution in [-0.4, -0.2) is 47.1 Å². The van der Waals surface area contributed by atoms with Crippen LogP contribution in [0.1, 0.15) is 37.1 Å². The number of aliphatic carboxylic acids is 1. The second kappa shape index (κ2) is 11.4. The van der Waals surface area contributed by atoms with E-state index in [0.29, 0.717) is 42.2 Å². The van der Waals surface area contributed by atoms with Crippen molar-refractivity contribution in [3.8, 4) is 28.8 Å². The Morgan fingerprint density at radius 1 is 1.15 bits per heavy atom. The number of nitrogens with zero attached hydrogens (tertiary/aromatic N) is 6. The number of aryl methyl sites for hydroxylation is 2. The molecule has 0 bridgehead atoms. The largest absolute Gasteiger partial charge is 0.489 e. The molecule has 1 saturated carbocycles. The Bertz CT molecular complexity index is 1480. The van der Waals surface area contributed by atoms with Crippen LogP contribution in [0.2, 0.25) is 0 Å². The fourth-order valence-corrected chi connectivity index (χ4v) is 4.52. The Morgan fingerprint density at radius 3 is 2.79 bits per heavy atom. The van der Waals surface area contributed by atoms with Crippen molar-refractivity contribution in [2.24, 2.45) is 13.0 Å². The molecule has 12 heteroatoms. The van der Waals surface area contributed by atoms with Crippen LogP contribution in [0.25, 0.3) is 11.4 Å². The number of hydrogen-bond donors (Lipinski definition) is 2. The number of rotatable bonds is 9. The van der Waals surface area contributed by atoms with E-state index in [1.54, 1.807) is 29.9 Å². The van der Waals surface area contributed by atoms with Gasteiger partial charge in [0, 0.05) is 19.3 Å². The molecule has 5 rings (SSSR count). The average molecular weight is 534 g/mol. The molecule has 0 amide bonds. The van der Waals surface area contributed by atoms with E-state index < -0.39 is 11.8 Å². The summed E-state index contributed by atoms with van der Waals surface area (Å²) in [5.41, 5.74) is 2.63. The van der Waals surface area contributed by atoms with Crippen molar-refractivity contribution in [2.45, 2.75) is 45.3 Å². The van der Waals surface area contributed by atoms with Crippen LogP contribution in [-0.2, 0) is 18.4 Å². The van der Waals surface area contributed by atoms with Crippen LogP contribution < -0.4 is 14.8 Å². The van der Waals surface area contributed by atoms with E-state index in [4.69, 9.17) is 9.47 Å². The molecule has 1 aromatic carbocycles. The second-order valence-electron chi connectivity index (χ2n) is 9.33. The summed E-state index contributed by atoms with van der Waals surface area (Å²) in [6, 6.07) is 11.3. The van der Waals surface area contributed by atoms with E-state index in [0.717, 1.165) is 18.5 Å². The van der Waals surface area contributed by atoms with E-state index >= 15 is 0 Å². The average Bonchev–Trinajstić information content (AvgIpc) is 3.30. The maximum absolute atomic E-state index is 13.9. The Hall–Kier alpha value is -4.61. The monoisotopic (exact) mass is 533 g/mol. The number of aromatic nitrogens is 6. The lowest BCUT2D eigenvalue weighted by Gasteiger charge is -2.27. The Labute approximate surface area is 224 Å². The number of hydrogen-bond acceptors (Lipinski definition) is 9. The molecule has 202 valence electrons. The number of carbonyl (C=O) groups is 1. The van der Waals surface area contributed by atoms with E-state index in [2.05, 4.69) is 30.6 Å². The van der Waals surface area contributed by atoms with Crippen LogP contribution in [0.5, 0.6) is 17.4 Å². The summed E-state index contributed by atoms with van der Waals surface area (Å²) in [7, 11) is 1.78. The third-order valence-corrected chi connectivity index (χ3v) is 6.59. The number of carboxylic acids is 1. The van der Waals surface area contributed by atoms with Gasteiger partial charge in [0.05, 0.1) is 35.6 Å². The molecular weight excluding hydrogens is 505 g/mol. The lowest BCUT2D eigenvalue weighted by Crippen LogP contribution is -2.29. The summed E-state index contributed by atoms with van der Waals surface area (Å²) >= 11 is 0. The van der Waals surface area contributed by atoms with Crippen molar-refractivity contribution in [1.29, 1.82) is 0 Å². The Morgan fingerprint density at radius 2 is 2.00 bits per heavy atom. The molecule has 1 aliphatic rings. The van der Waals surface area contributed by atoms with Crippen LogP contribution in [0, 0.1) is 18.7 Å². The maximum atomic E-state index is 13.9. The number of para-hydroxylation sites is 1. The molecule has 0 aliphatic heterocycles. The summed E-state index contributed by atoms with van der Waals surface area (Å²) in [4.78, 5) is 24.6. The van der Waals surface area contributed by atoms with Crippen molar-refractivity contribution in [3.05, 3.63) is 65.9 Å². The fraction of sp³-hybridized carbons (Fsp3) is 0.333. The zero-order valence-corrected chi connectivity index (χ0v) is 21.5. The van der Waals surface area contributed by atoms with E-state index in [1.165, 1.54) is 18.3 Å². The molecule has 0 spiro atoms. The number of pyridine rings is 1. The van der Waals surface area contributed by atoms with Crippen LogP contribution in [0.4, 0.5) is 10.3 Å². The molecule has 1 fully saturated rings. The highest BCUT2D eigenvalue weighted by molar-refractivity contribution is 5.70. The van der Waals surface area contributed by atoms with Crippen LogP contribution in [0.3, 0.4) is 0 Å². The minimum Gasteiger partial charge on any atom is -0.489 e. The van der Waals surface area contributed by atoms with Crippen molar-refractivity contribution < 1.29 is 23.8 Å². The SMILES string of the molecule is Cc1nc(-c2nnn(C)c2CNc2nccc(Oc3ccccc3F)n2)ccc1O[C@H]1CCC[C@H](C(=O)O)C1. The van der Waals surface area contributed by atoms with E-state index in [1.807, 2.05) is 19.1 Å². The van der Waals surface area contributed by atoms with Gasteiger partial charge in [0.1, 0.15) is 11.4 Å². The third kappa shape index (κ3) is 6.11. The van der Waals surface area contributed by atoms with Crippen molar-refractivity contribution in [2.75, 3.05) is 5.32 Å². The van der Waals surface area contributed by atoms with Gasteiger partial charge in [-0.25, -0.2) is 19.0 Å². The predicted molar refractivity (Wildman–Crippen MR) is 139 cm³/mol. The van der Waals surface area contributed by atoms with Gasteiger partial charge in [-0.05, 0) is 56.9 Å². The van der Waals surface area contributed by atoms with E-state index in [9.17, 15) is 14.3 Å². The maximum Gasteiger partial charge on any atom is 0.306 e. The van der Waals surface area contributed by atoms with Gasteiger partial charge in [-0.3, -0.25) is 4.79 Å². The summed E-state index contributed by atoms with van der Waals surface area (Å²) in [5, 5.41) is 20.9. The van der Waals surface area contributed by atoms with Crippen LogP contribution >= 0.6 is 0 Å². The number of ether oxygens (including phenoxy) is 2. The number of nitrogens with one attached hydrogen (secondary N) is 1. The van der Waals surface area contributed by atoms with Gasteiger partial charge >= 0.3 is 5.97 Å². The van der Waals surface area contributed by atoms with Gasteiger partial charge in [0.25, 0.3) is 0 Å². The molecule has 3 heterocycles. The molecule has 39 heavy (non-hydrogen) atoms. The first kappa shape index (κ1) is 26.0. The summed E-state index contributed by atoms with van der Waals surface area (Å²) in [6.07, 6.45) is 4.18. The number of halogens is 1. The first-order chi connectivity index (χ1) is 18.9. The molecule has 11 nitrogen and oxygen atoms in total. The van der Waals surface area contributed by atoms with Gasteiger partial charge in [0.15, 0.2) is 11.6 Å². The molecule has 0 unspecified atom stereocenters. The normalized spacial score (nSPS) is 17.0. The highest BCUT2D eigenvalue weighted by atomic mass is 19.1. The van der Waals surface area contributed by atoms with Gasteiger partial charge in [0.2, 0.25) is 11.8 Å². The predicted octanol–water partition coefficient (Wildman–Crippen LogP) is 4.54. The first-order valence-corrected chi connectivity index (χ1v) is 12.6. The third-order valence-electron chi connectivity index (χ3n) is 6.59. The molecule has 1 aliphatic carbocycles. The Balaban J connectivity index is 1.27. The van der Waals surface area contributed by atoms with Crippen LogP contribution in [0.15, 0.2) is 48.7 Å². The van der Waals surface area contributed by atoms with Gasteiger partial charge < -0.3 is 19.9 Å². The van der Waals surface area contributed by atoms with E-state index in [-0.39, 0.29) is 29.6 Å². The van der Waals surface area contributed by atoms with Crippen molar-refractivity contribution >= 4 is 11.9 Å². The molecule has 4 aromatic rings. The molecule has 3 aromatic heterocycles. The van der Waals surface area contributed by atoms with Crippen molar-refractivity contribution in [3.63, 3.8) is 0 Å². The summed E-state index contributed by atoms with van der Waals surface area (Å²) in [5.74, 6) is -0.456. The Kier molecular flexibility index (Phi) is 7.62. The highest BCUT2D eigenvalue weighted by Gasteiger charge is 2.28. The lowest BCUT2D eigenvalue weighted by molar-refractivity contribution is -0.143. The smallest absolute Gasteiger partial charge is 0.306 e. The fourth-order valence-electron chi connectivity index (χ4n) is 4.52. The molecular formula is C27H28FN7O4. The van der Waals surface area contributed by atoms with Crippen molar-refractivity contribution in [1.82, 2.24) is 29.9 Å². The molecule has 2 N–H and O–H groups in total. The van der Waals surface area contributed by atoms with Gasteiger partial charge in [-0.15, -0.1) is 5.10 Å². The summed E-state index contributed by atoms with van der Waals surface area (Å²) in [6.45, 7) is 2.14. The topological polar surface area (TPSA) is 137 Å². The quantitative estimate of drug-likeness (QED) is 0.315. The van der Waals surface area contributed by atoms with Gasteiger partial charge in [-0.2, -0.15) is 4.98 Å². The first-order valence-electron chi connectivity index (χ1n) is 12.6. The second-order valence-corrected chi connectivity index (χ2v) is 9.33. The molecule has 0 radical (unpaired) electrons. The molecule has 2 atom stereocenters. The molecule has 0 saturated heterocycles. The number of benzene rings is 1. The summed E-state index contributed by atoms with van der Waals surface area (Å²) < 4.78 is 27.3.